The Morgan fingerprint density at radius 1 is 0.552 bits per heavy atom. The van der Waals surface area contributed by atoms with Crippen molar-refractivity contribution >= 4 is 11.6 Å². The molecule has 0 saturated heterocycles. The van der Waals surface area contributed by atoms with Gasteiger partial charge in [-0.25, -0.2) is 0 Å². The van der Waals surface area contributed by atoms with E-state index >= 15 is 0 Å². The van der Waals surface area contributed by atoms with E-state index in [1.54, 1.807) is 0 Å². The molecule has 0 radical (unpaired) electrons. The fourth-order valence-electron chi connectivity index (χ4n) is 0.576. The van der Waals surface area contributed by atoms with Crippen LogP contribution in [0.4, 0.5) is 52.7 Å². The quantitative estimate of drug-likeness (QED) is 0.342. The van der Waals surface area contributed by atoms with Crippen molar-refractivity contribution in [3.63, 3.8) is 0 Å². The number of aliphatic hydroxyl groups excluding tert-OH is 2. The average Bonchev–Trinajstić information content (AvgIpc) is 2.45. The van der Waals surface area contributed by atoms with Crippen LogP contribution in [-0.2, 0) is 30.6 Å². The Balaban J connectivity index is -0.000000192. The van der Waals surface area contributed by atoms with Crippen molar-refractivity contribution in [1.82, 2.24) is 0 Å². The molecule has 0 aromatic rings. The number of hydrogen-bond acceptors (Lipinski definition) is 5. The number of hydrogen-bond donors (Lipinski definition) is 2. The Morgan fingerprint density at radius 2 is 0.724 bits per heavy atom. The number of allylic oxidation sites excluding steroid dienone is 4. The van der Waals surface area contributed by atoms with Crippen LogP contribution < -0.4 is 0 Å². The molecule has 0 heterocycles. The molecule has 0 aliphatic carbocycles. The molecule has 0 fully saturated rings. The van der Waals surface area contributed by atoms with Crippen molar-refractivity contribution in [3.05, 3.63) is 23.7 Å². The molecule has 0 aromatic heterocycles. The van der Waals surface area contributed by atoms with E-state index in [0.29, 0.717) is 0 Å². The third kappa shape index (κ3) is 16.6. The first-order valence-corrected chi connectivity index (χ1v) is 6.03. The van der Waals surface area contributed by atoms with Crippen LogP contribution in [0.25, 0.3) is 0 Å². The Morgan fingerprint density at radius 3 is 0.828 bits per heavy atom. The van der Waals surface area contributed by atoms with Gasteiger partial charge in [0.2, 0.25) is 11.5 Å². The summed E-state index contributed by atoms with van der Waals surface area (Å²) in [6.07, 6.45) is -23.4. The third-order valence-electron chi connectivity index (χ3n) is 1.68. The van der Waals surface area contributed by atoms with Crippen LogP contribution in [0.15, 0.2) is 23.7 Å². The summed E-state index contributed by atoms with van der Waals surface area (Å²) in [7, 11) is 0. The fraction of sp³-hybridized carbons (Fsp3) is 0.400. The predicted octanol–water partition coefficient (Wildman–Crippen LogP) is 3.30. The second-order valence-electron chi connectivity index (χ2n) is 3.78. The van der Waals surface area contributed by atoms with Gasteiger partial charge in [-0.2, -0.15) is 52.7 Å². The van der Waals surface area contributed by atoms with Crippen molar-refractivity contribution in [2.45, 2.75) is 24.7 Å². The van der Waals surface area contributed by atoms with Crippen molar-refractivity contribution in [2.75, 3.05) is 0 Å². The zero-order chi connectivity index (χ0) is 23.7. The second-order valence-corrected chi connectivity index (χ2v) is 3.78. The molecule has 19 heteroatoms. The summed E-state index contributed by atoms with van der Waals surface area (Å²) >= 11 is 1.06. The minimum absolute atomic E-state index is 0. The Labute approximate surface area is 160 Å². The summed E-state index contributed by atoms with van der Waals surface area (Å²) in [6, 6.07) is 0. The van der Waals surface area contributed by atoms with E-state index in [4.69, 9.17) is 13.9 Å². The molecule has 0 unspecified atom stereocenters. The van der Waals surface area contributed by atoms with Crippen molar-refractivity contribution in [3.8, 4) is 0 Å². The molecule has 0 bridgehead atoms. The van der Waals surface area contributed by atoms with Gasteiger partial charge in [0.15, 0.2) is 0 Å². The Bertz CT molecular complexity index is 546. The molecule has 6 nitrogen and oxygen atoms in total. The monoisotopic (exact) mass is 501 g/mol. The van der Waals surface area contributed by atoms with Gasteiger partial charge in [-0.1, -0.05) is 0 Å². The SMILES string of the molecule is O.O=C(/C=C(\O)C(F)(F)F)C(F)(F)F.O=C(/C=C(\O)C(F)(F)F)C(F)(F)F.[O]=[V]. The van der Waals surface area contributed by atoms with E-state index < -0.39 is 59.9 Å². The molecule has 0 aliphatic heterocycles. The number of alkyl halides is 12. The molecule has 0 aliphatic rings. The fourth-order valence-corrected chi connectivity index (χ4v) is 0.576. The van der Waals surface area contributed by atoms with E-state index in [9.17, 15) is 62.3 Å². The van der Waals surface area contributed by atoms with Gasteiger partial charge in [-0.3, -0.25) is 9.59 Å². The van der Waals surface area contributed by atoms with Gasteiger partial charge < -0.3 is 15.7 Å². The van der Waals surface area contributed by atoms with Crippen molar-refractivity contribution in [1.29, 1.82) is 0 Å². The van der Waals surface area contributed by atoms with Crippen LogP contribution >= 0.6 is 0 Å². The minimum atomic E-state index is -5.42. The van der Waals surface area contributed by atoms with Crippen LogP contribution in [0.3, 0.4) is 0 Å². The van der Waals surface area contributed by atoms with Gasteiger partial charge in [0.25, 0.3) is 11.6 Å². The first kappa shape index (κ1) is 34.4. The summed E-state index contributed by atoms with van der Waals surface area (Å²) in [4.78, 5) is 19.7. The van der Waals surface area contributed by atoms with Gasteiger partial charge in [0.1, 0.15) is 0 Å². The first-order valence-electron chi connectivity index (χ1n) is 5.46. The van der Waals surface area contributed by atoms with Crippen LogP contribution in [0, 0.1) is 0 Å². The third-order valence-corrected chi connectivity index (χ3v) is 1.68. The number of rotatable bonds is 2. The Kier molecular flexibility index (Phi) is 14.8. The summed E-state index contributed by atoms with van der Waals surface area (Å²) < 4.78 is 144. The average molecular weight is 501 g/mol. The van der Waals surface area contributed by atoms with Crippen LogP contribution in [-0.4, -0.2) is 52.0 Å². The van der Waals surface area contributed by atoms with Crippen molar-refractivity contribution < 1.29 is 99.0 Å². The molecule has 0 aromatic carbocycles. The maximum absolute atomic E-state index is 11.4. The van der Waals surface area contributed by atoms with Gasteiger partial charge in [-0.15, -0.1) is 0 Å². The van der Waals surface area contributed by atoms with Crippen molar-refractivity contribution in [2.24, 2.45) is 0 Å². The van der Waals surface area contributed by atoms with Gasteiger partial charge in [0.05, 0.1) is 0 Å². The van der Waals surface area contributed by atoms with Crippen LogP contribution in [0.1, 0.15) is 0 Å². The summed E-state index contributed by atoms with van der Waals surface area (Å²) in [5.74, 6) is -10.7. The number of carbonyl (C=O) groups is 2. The molecule has 0 saturated carbocycles. The molecule has 29 heavy (non-hydrogen) atoms. The van der Waals surface area contributed by atoms with E-state index in [1.165, 1.54) is 0 Å². The Hall–Kier alpha value is -2.08. The van der Waals surface area contributed by atoms with E-state index in [2.05, 4.69) is 0 Å². The van der Waals surface area contributed by atoms with Gasteiger partial charge >= 0.3 is 45.7 Å². The number of ketones is 2. The first-order chi connectivity index (χ1) is 12.1. The predicted molar refractivity (Wildman–Crippen MR) is 60.0 cm³/mol. The second kappa shape index (κ2) is 12.5. The zero-order valence-corrected chi connectivity index (χ0v) is 14.2. The number of carbonyl (C=O) groups excluding carboxylic acids is 2. The standard InChI is InChI=1S/2C5H2F6O2.H2O.O.V/c2*6-4(7,8)2(12)1-3(13)5(9,10)11;;;/h2*1,12H;1H2;;/b2*2-1-;;;. The topological polar surface area (TPSA) is 123 Å². The van der Waals surface area contributed by atoms with Gasteiger partial charge in [0, 0.05) is 12.2 Å². The van der Waals surface area contributed by atoms with E-state index in [-0.39, 0.29) is 5.48 Å². The number of aliphatic hydroxyl groups is 2. The molecule has 4 N–H and O–H groups in total. The van der Waals surface area contributed by atoms with Crippen LogP contribution in [0.2, 0.25) is 0 Å². The van der Waals surface area contributed by atoms with E-state index in [0.717, 1.165) is 17.4 Å². The van der Waals surface area contributed by atoms with Crippen LogP contribution in [0.5, 0.6) is 0 Å². The molecule has 0 amide bonds. The summed E-state index contributed by atoms with van der Waals surface area (Å²) in [5.41, 5.74) is 0. The molecule has 0 spiro atoms. The van der Waals surface area contributed by atoms with E-state index in [1.807, 2.05) is 0 Å². The molecule has 0 atom stereocenters. The molecule has 171 valence electrons. The molecular formula is C10H6F12O6V. The summed E-state index contributed by atoms with van der Waals surface area (Å²) in [5, 5.41) is 15.9. The number of halogens is 12. The maximum atomic E-state index is 11.4. The molecular weight excluding hydrogens is 495 g/mol. The normalized spacial score (nSPS) is 13.1. The van der Waals surface area contributed by atoms with Gasteiger partial charge in [-0.05, 0) is 0 Å². The zero-order valence-electron chi connectivity index (χ0n) is 12.8. The summed E-state index contributed by atoms with van der Waals surface area (Å²) in [6.45, 7) is 0. The molecule has 0 rings (SSSR count).